The fourth-order valence-electron chi connectivity index (χ4n) is 3.03. The average Bonchev–Trinajstić information content (AvgIpc) is 3.06. The third-order valence-electron chi connectivity index (χ3n) is 4.23. The standard InChI is InChI=1S/C16H14N2OS/c1-16-8-9-18(11-5-3-2-4-6-11)15(16)17-12-7-10-20-13(12)14(16)19/h2-7,10H,8-9H2,1H3. The van der Waals surface area contributed by atoms with Crippen LogP contribution in [0.3, 0.4) is 0 Å². The molecule has 3 heterocycles. The summed E-state index contributed by atoms with van der Waals surface area (Å²) in [4.78, 5) is 20.5. The Balaban J connectivity index is 1.87. The van der Waals surface area contributed by atoms with E-state index in [1.807, 2.05) is 36.6 Å². The van der Waals surface area contributed by atoms with Gasteiger partial charge in [-0.15, -0.1) is 11.3 Å². The lowest BCUT2D eigenvalue weighted by Crippen LogP contribution is -2.40. The number of para-hydroxylation sites is 1. The highest BCUT2D eigenvalue weighted by Gasteiger charge is 2.50. The summed E-state index contributed by atoms with van der Waals surface area (Å²) in [6, 6.07) is 12.1. The summed E-state index contributed by atoms with van der Waals surface area (Å²) >= 11 is 1.50. The summed E-state index contributed by atoms with van der Waals surface area (Å²) in [7, 11) is 0. The highest BCUT2D eigenvalue weighted by Crippen LogP contribution is 2.46. The molecular weight excluding hydrogens is 268 g/mol. The van der Waals surface area contributed by atoms with E-state index in [9.17, 15) is 4.79 Å². The van der Waals surface area contributed by atoms with Crippen molar-refractivity contribution in [3.05, 3.63) is 46.7 Å². The lowest BCUT2D eigenvalue weighted by molar-refractivity contribution is 0.0892. The molecule has 2 aliphatic rings. The second-order valence-electron chi connectivity index (χ2n) is 5.47. The normalized spacial score (nSPS) is 24.4. The van der Waals surface area contributed by atoms with Gasteiger partial charge in [-0.1, -0.05) is 18.2 Å². The van der Waals surface area contributed by atoms with E-state index in [1.54, 1.807) is 0 Å². The van der Waals surface area contributed by atoms with E-state index >= 15 is 0 Å². The minimum Gasteiger partial charge on any atom is -0.329 e. The van der Waals surface area contributed by atoms with Gasteiger partial charge in [0.15, 0.2) is 5.78 Å². The van der Waals surface area contributed by atoms with Crippen LogP contribution in [0.2, 0.25) is 0 Å². The van der Waals surface area contributed by atoms with Crippen LogP contribution in [0.25, 0.3) is 0 Å². The Kier molecular flexibility index (Phi) is 2.39. The fraction of sp³-hybridized carbons (Fsp3) is 0.250. The molecule has 1 unspecified atom stereocenters. The zero-order valence-corrected chi connectivity index (χ0v) is 12.0. The van der Waals surface area contributed by atoms with Gasteiger partial charge < -0.3 is 4.90 Å². The molecule has 4 rings (SSSR count). The molecule has 3 nitrogen and oxygen atoms in total. The van der Waals surface area contributed by atoms with Gasteiger partial charge in [0.1, 0.15) is 5.84 Å². The minimum atomic E-state index is -0.465. The van der Waals surface area contributed by atoms with Crippen LogP contribution in [0, 0.1) is 5.41 Å². The van der Waals surface area contributed by atoms with Crippen molar-refractivity contribution in [2.45, 2.75) is 13.3 Å². The molecule has 0 bridgehead atoms. The van der Waals surface area contributed by atoms with E-state index in [0.717, 1.165) is 35.1 Å². The number of nitrogens with zero attached hydrogens (tertiary/aromatic N) is 2. The van der Waals surface area contributed by atoms with Crippen LogP contribution in [0.15, 0.2) is 46.8 Å². The summed E-state index contributed by atoms with van der Waals surface area (Å²) in [5.41, 5.74) is 1.48. The quantitative estimate of drug-likeness (QED) is 0.795. The highest BCUT2D eigenvalue weighted by molar-refractivity contribution is 7.12. The van der Waals surface area contributed by atoms with E-state index in [4.69, 9.17) is 4.99 Å². The Morgan fingerprint density at radius 2 is 2.05 bits per heavy atom. The summed E-state index contributed by atoms with van der Waals surface area (Å²) in [6.45, 7) is 2.87. The maximum atomic E-state index is 12.8. The molecule has 0 spiro atoms. The molecule has 20 heavy (non-hydrogen) atoms. The highest BCUT2D eigenvalue weighted by atomic mass is 32.1. The molecule has 0 saturated carbocycles. The first kappa shape index (κ1) is 11.9. The molecule has 1 aromatic heterocycles. The monoisotopic (exact) mass is 282 g/mol. The van der Waals surface area contributed by atoms with E-state index in [1.165, 1.54) is 11.3 Å². The van der Waals surface area contributed by atoms with Gasteiger partial charge in [0.25, 0.3) is 0 Å². The Bertz CT molecular complexity index is 719. The zero-order chi connectivity index (χ0) is 13.7. The second-order valence-corrected chi connectivity index (χ2v) is 6.38. The van der Waals surface area contributed by atoms with Crippen molar-refractivity contribution in [2.75, 3.05) is 11.4 Å². The maximum absolute atomic E-state index is 12.8. The van der Waals surface area contributed by atoms with Crippen LogP contribution in [0.4, 0.5) is 11.4 Å². The Morgan fingerprint density at radius 1 is 1.25 bits per heavy atom. The number of benzene rings is 1. The number of Topliss-reactive ketones (excluding diaryl/α,β-unsaturated/α-hetero) is 1. The van der Waals surface area contributed by atoms with Crippen molar-refractivity contribution in [1.29, 1.82) is 0 Å². The number of carbonyl (C=O) groups excluding carboxylic acids is 1. The molecule has 0 amide bonds. The molecule has 2 aliphatic heterocycles. The van der Waals surface area contributed by atoms with Crippen molar-refractivity contribution in [1.82, 2.24) is 0 Å². The van der Waals surface area contributed by atoms with Gasteiger partial charge in [0.05, 0.1) is 16.0 Å². The van der Waals surface area contributed by atoms with Gasteiger partial charge in [-0.25, -0.2) is 4.99 Å². The minimum absolute atomic E-state index is 0.228. The first-order chi connectivity index (χ1) is 9.70. The predicted molar refractivity (Wildman–Crippen MR) is 82.3 cm³/mol. The Morgan fingerprint density at radius 3 is 2.85 bits per heavy atom. The lowest BCUT2D eigenvalue weighted by Gasteiger charge is -2.29. The van der Waals surface area contributed by atoms with Crippen molar-refractivity contribution in [3.63, 3.8) is 0 Å². The molecule has 1 saturated heterocycles. The lowest BCUT2D eigenvalue weighted by atomic mass is 9.81. The third-order valence-corrected chi connectivity index (χ3v) is 5.13. The van der Waals surface area contributed by atoms with Crippen molar-refractivity contribution in [2.24, 2.45) is 10.4 Å². The Labute approximate surface area is 121 Å². The van der Waals surface area contributed by atoms with Gasteiger partial charge in [-0.05, 0) is 36.9 Å². The molecule has 0 N–H and O–H groups in total. The number of anilines is 1. The number of rotatable bonds is 1. The maximum Gasteiger partial charge on any atom is 0.188 e. The smallest absolute Gasteiger partial charge is 0.188 e. The zero-order valence-electron chi connectivity index (χ0n) is 11.2. The number of carbonyl (C=O) groups is 1. The van der Waals surface area contributed by atoms with Crippen LogP contribution < -0.4 is 4.90 Å². The van der Waals surface area contributed by atoms with Gasteiger partial charge >= 0.3 is 0 Å². The number of ketones is 1. The molecule has 2 aromatic rings. The first-order valence-electron chi connectivity index (χ1n) is 6.74. The molecule has 1 fully saturated rings. The van der Waals surface area contributed by atoms with Gasteiger partial charge in [0, 0.05) is 12.2 Å². The van der Waals surface area contributed by atoms with Crippen molar-refractivity contribution >= 4 is 34.3 Å². The van der Waals surface area contributed by atoms with E-state index < -0.39 is 5.41 Å². The van der Waals surface area contributed by atoms with Gasteiger partial charge in [-0.2, -0.15) is 0 Å². The van der Waals surface area contributed by atoms with E-state index in [2.05, 4.69) is 17.0 Å². The number of fused-ring (bicyclic) bond motifs is 2. The SMILES string of the molecule is CC12CCN(c3ccccc3)C1=Nc1ccsc1C2=O. The number of thiophene rings is 1. The molecule has 0 aliphatic carbocycles. The fourth-order valence-corrected chi connectivity index (χ4v) is 3.93. The second kappa shape index (κ2) is 4.03. The van der Waals surface area contributed by atoms with Crippen LogP contribution in [0.5, 0.6) is 0 Å². The van der Waals surface area contributed by atoms with E-state index in [0.29, 0.717) is 0 Å². The summed E-state index contributed by atoms with van der Waals surface area (Å²) in [5, 5.41) is 1.95. The first-order valence-corrected chi connectivity index (χ1v) is 7.62. The topological polar surface area (TPSA) is 32.7 Å². The number of hydrogen-bond acceptors (Lipinski definition) is 4. The van der Waals surface area contributed by atoms with E-state index in [-0.39, 0.29) is 5.78 Å². The molecule has 4 heteroatoms. The largest absolute Gasteiger partial charge is 0.329 e. The predicted octanol–water partition coefficient (Wildman–Crippen LogP) is 3.89. The molecule has 100 valence electrons. The van der Waals surface area contributed by atoms with Crippen molar-refractivity contribution in [3.8, 4) is 0 Å². The number of amidine groups is 1. The molecular formula is C16H14N2OS. The molecule has 0 radical (unpaired) electrons. The van der Waals surface area contributed by atoms with Gasteiger partial charge in [0.2, 0.25) is 0 Å². The van der Waals surface area contributed by atoms with Crippen molar-refractivity contribution < 1.29 is 4.79 Å². The summed E-state index contributed by atoms with van der Waals surface area (Å²) in [5.74, 6) is 1.13. The number of hydrogen-bond donors (Lipinski definition) is 0. The average molecular weight is 282 g/mol. The van der Waals surface area contributed by atoms with Crippen LogP contribution in [-0.2, 0) is 0 Å². The molecule has 1 atom stereocenters. The number of aliphatic imine (C=N–C) groups is 1. The third kappa shape index (κ3) is 1.45. The molecule has 1 aromatic carbocycles. The van der Waals surface area contributed by atoms with Gasteiger partial charge in [-0.3, -0.25) is 4.79 Å². The summed E-state index contributed by atoms with van der Waals surface area (Å²) < 4.78 is 0. The summed E-state index contributed by atoms with van der Waals surface area (Å²) in [6.07, 6.45) is 0.830. The van der Waals surface area contributed by atoms with Crippen LogP contribution in [-0.4, -0.2) is 18.2 Å². The van der Waals surface area contributed by atoms with Crippen LogP contribution in [0.1, 0.15) is 23.0 Å². The van der Waals surface area contributed by atoms with Crippen LogP contribution >= 0.6 is 11.3 Å². The Hall–Kier alpha value is -1.94.